The van der Waals surface area contributed by atoms with Crippen LogP contribution in [-0.2, 0) is 0 Å². The molecule has 0 aliphatic carbocycles. The first kappa shape index (κ1) is 11.4. The number of nitrogens with zero attached hydrogens (tertiary/aromatic N) is 2. The summed E-state index contributed by atoms with van der Waals surface area (Å²) in [5.74, 6) is 2.07. The molecule has 15 heavy (non-hydrogen) atoms. The minimum absolute atomic E-state index is 1.03. The topological polar surface area (TPSA) is 6.48 Å². The van der Waals surface area contributed by atoms with Crippen LogP contribution >= 0.6 is 0 Å². The van der Waals surface area contributed by atoms with Crippen molar-refractivity contribution in [3.8, 4) is 0 Å². The molecule has 0 unspecified atom stereocenters. The molecule has 0 aromatic heterocycles. The molecular formula is C13H26N2. The first-order valence-electron chi connectivity index (χ1n) is 6.76. The highest BCUT2D eigenvalue weighted by molar-refractivity contribution is 4.82. The Morgan fingerprint density at radius 2 is 1.47 bits per heavy atom. The van der Waals surface area contributed by atoms with E-state index in [4.69, 9.17) is 0 Å². The third kappa shape index (κ3) is 2.94. The standard InChI is InChI=1S/C13H26N2/c1-3-14-7-5-12(6-8-14)9-13-10-15(4-2)11-13/h12-13H,3-11H2,1-2H3. The maximum absolute atomic E-state index is 2.59. The van der Waals surface area contributed by atoms with Crippen molar-refractivity contribution in [2.24, 2.45) is 11.8 Å². The Bertz CT molecular complexity index is 179. The third-order valence-corrected chi connectivity index (χ3v) is 4.30. The zero-order chi connectivity index (χ0) is 10.7. The highest BCUT2D eigenvalue weighted by Crippen LogP contribution is 2.28. The molecule has 2 saturated heterocycles. The molecule has 2 rings (SSSR count). The largest absolute Gasteiger partial charge is 0.304 e. The highest BCUT2D eigenvalue weighted by atomic mass is 15.2. The predicted octanol–water partition coefficient (Wildman–Crippen LogP) is 2.06. The third-order valence-electron chi connectivity index (χ3n) is 4.30. The van der Waals surface area contributed by atoms with Crippen LogP contribution in [0.15, 0.2) is 0 Å². The van der Waals surface area contributed by atoms with E-state index < -0.39 is 0 Å². The van der Waals surface area contributed by atoms with Gasteiger partial charge in [0.05, 0.1) is 0 Å². The molecule has 0 spiro atoms. The Balaban J connectivity index is 1.61. The molecule has 0 amide bonds. The van der Waals surface area contributed by atoms with Gasteiger partial charge in [-0.05, 0) is 57.3 Å². The monoisotopic (exact) mass is 210 g/mol. The van der Waals surface area contributed by atoms with E-state index in [0.29, 0.717) is 0 Å². The van der Waals surface area contributed by atoms with Crippen molar-refractivity contribution >= 4 is 0 Å². The molecule has 88 valence electrons. The second-order valence-corrected chi connectivity index (χ2v) is 5.33. The number of likely N-dealkylation sites (tertiary alicyclic amines) is 2. The molecule has 2 aliphatic heterocycles. The van der Waals surface area contributed by atoms with Crippen molar-refractivity contribution in [1.82, 2.24) is 9.80 Å². The number of rotatable bonds is 4. The van der Waals surface area contributed by atoms with Crippen molar-refractivity contribution in [1.29, 1.82) is 0 Å². The van der Waals surface area contributed by atoms with Crippen molar-refractivity contribution in [2.75, 3.05) is 39.3 Å². The van der Waals surface area contributed by atoms with E-state index in [1.807, 2.05) is 0 Å². The summed E-state index contributed by atoms with van der Waals surface area (Å²) in [5.41, 5.74) is 0. The fourth-order valence-electron chi connectivity index (χ4n) is 3.09. The molecule has 0 aromatic carbocycles. The zero-order valence-corrected chi connectivity index (χ0v) is 10.4. The van der Waals surface area contributed by atoms with Gasteiger partial charge in [0.2, 0.25) is 0 Å². The first-order valence-corrected chi connectivity index (χ1v) is 6.76. The lowest BCUT2D eigenvalue weighted by Crippen LogP contribution is -2.47. The van der Waals surface area contributed by atoms with Crippen LogP contribution in [0.5, 0.6) is 0 Å². The molecule has 0 radical (unpaired) electrons. The molecule has 0 atom stereocenters. The smallest absolute Gasteiger partial charge is 0.00220 e. The van der Waals surface area contributed by atoms with Crippen LogP contribution in [0.3, 0.4) is 0 Å². The van der Waals surface area contributed by atoms with Gasteiger partial charge in [0.1, 0.15) is 0 Å². The van der Waals surface area contributed by atoms with E-state index in [-0.39, 0.29) is 0 Å². The van der Waals surface area contributed by atoms with E-state index in [1.54, 1.807) is 0 Å². The molecule has 2 heterocycles. The van der Waals surface area contributed by atoms with Crippen LogP contribution in [0, 0.1) is 11.8 Å². The van der Waals surface area contributed by atoms with Crippen LogP contribution < -0.4 is 0 Å². The molecule has 2 heteroatoms. The summed E-state index contributed by atoms with van der Waals surface area (Å²) in [7, 11) is 0. The highest BCUT2D eigenvalue weighted by Gasteiger charge is 2.29. The maximum Gasteiger partial charge on any atom is 0.00220 e. The Kier molecular flexibility index (Phi) is 4.04. The SMILES string of the molecule is CCN1CCC(CC2CN(CC)C2)CC1. The Hall–Kier alpha value is -0.0800. The van der Waals surface area contributed by atoms with Gasteiger partial charge in [0, 0.05) is 13.1 Å². The van der Waals surface area contributed by atoms with E-state index in [9.17, 15) is 0 Å². The van der Waals surface area contributed by atoms with Crippen molar-refractivity contribution in [2.45, 2.75) is 33.1 Å². The van der Waals surface area contributed by atoms with Gasteiger partial charge >= 0.3 is 0 Å². The zero-order valence-electron chi connectivity index (χ0n) is 10.4. The van der Waals surface area contributed by atoms with Crippen LogP contribution in [0.25, 0.3) is 0 Å². The minimum atomic E-state index is 1.03. The summed E-state index contributed by atoms with van der Waals surface area (Å²) < 4.78 is 0. The summed E-state index contributed by atoms with van der Waals surface area (Å²) in [6.07, 6.45) is 4.42. The van der Waals surface area contributed by atoms with E-state index in [0.717, 1.165) is 11.8 Å². The van der Waals surface area contributed by atoms with Gasteiger partial charge in [-0.25, -0.2) is 0 Å². The Morgan fingerprint density at radius 3 is 2.00 bits per heavy atom. The van der Waals surface area contributed by atoms with Crippen molar-refractivity contribution < 1.29 is 0 Å². The molecule has 2 fully saturated rings. The van der Waals surface area contributed by atoms with Crippen LogP contribution in [0.1, 0.15) is 33.1 Å². The number of hydrogen-bond donors (Lipinski definition) is 0. The van der Waals surface area contributed by atoms with E-state index >= 15 is 0 Å². The van der Waals surface area contributed by atoms with Gasteiger partial charge in [-0.3, -0.25) is 0 Å². The predicted molar refractivity (Wildman–Crippen MR) is 65.1 cm³/mol. The minimum Gasteiger partial charge on any atom is -0.304 e. The summed E-state index contributed by atoms with van der Waals surface area (Å²) in [6.45, 7) is 12.5. The molecule has 0 N–H and O–H groups in total. The van der Waals surface area contributed by atoms with Crippen LogP contribution in [0.2, 0.25) is 0 Å². The van der Waals surface area contributed by atoms with Gasteiger partial charge in [-0.15, -0.1) is 0 Å². The summed E-state index contributed by atoms with van der Waals surface area (Å²) in [5, 5.41) is 0. The lowest BCUT2D eigenvalue weighted by Gasteiger charge is -2.41. The molecule has 0 saturated carbocycles. The van der Waals surface area contributed by atoms with Gasteiger partial charge in [-0.2, -0.15) is 0 Å². The molecule has 0 bridgehead atoms. The van der Waals surface area contributed by atoms with Crippen LogP contribution in [0.4, 0.5) is 0 Å². The average molecular weight is 210 g/mol. The average Bonchev–Trinajstić information content (AvgIpc) is 2.23. The van der Waals surface area contributed by atoms with Gasteiger partial charge < -0.3 is 9.80 Å². The van der Waals surface area contributed by atoms with E-state index in [2.05, 4.69) is 23.6 Å². The lowest BCUT2D eigenvalue weighted by molar-refractivity contribution is 0.0728. The second-order valence-electron chi connectivity index (χ2n) is 5.33. The first-order chi connectivity index (χ1) is 7.31. The fraction of sp³-hybridized carbons (Fsp3) is 1.00. The molecule has 2 aliphatic rings. The summed E-state index contributed by atoms with van der Waals surface area (Å²) in [6, 6.07) is 0. The summed E-state index contributed by atoms with van der Waals surface area (Å²) in [4.78, 5) is 5.15. The lowest BCUT2D eigenvalue weighted by atomic mass is 9.84. The normalized spacial score (nSPS) is 26.8. The summed E-state index contributed by atoms with van der Waals surface area (Å²) >= 11 is 0. The molecular weight excluding hydrogens is 184 g/mol. The molecule has 0 aromatic rings. The quantitative estimate of drug-likeness (QED) is 0.701. The fourth-order valence-corrected chi connectivity index (χ4v) is 3.09. The van der Waals surface area contributed by atoms with E-state index in [1.165, 1.54) is 58.5 Å². The van der Waals surface area contributed by atoms with Crippen molar-refractivity contribution in [3.05, 3.63) is 0 Å². The Labute approximate surface area is 94.6 Å². The van der Waals surface area contributed by atoms with Gasteiger partial charge in [0.25, 0.3) is 0 Å². The maximum atomic E-state index is 2.59. The Morgan fingerprint density at radius 1 is 0.867 bits per heavy atom. The second kappa shape index (κ2) is 5.31. The van der Waals surface area contributed by atoms with Crippen molar-refractivity contribution in [3.63, 3.8) is 0 Å². The van der Waals surface area contributed by atoms with Gasteiger partial charge in [-0.1, -0.05) is 13.8 Å². The number of piperidine rings is 1. The van der Waals surface area contributed by atoms with Gasteiger partial charge in [0.15, 0.2) is 0 Å². The van der Waals surface area contributed by atoms with Crippen LogP contribution in [-0.4, -0.2) is 49.1 Å². The number of hydrogen-bond acceptors (Lipinski definition) is 2. The molecule has 2 nitrogen and oxygen atoms in total.